The largest absolute Gasteiger partial charge is 0.478 e. The molecule has 2 unspecified atom stereocenters. The van der Waals surface area contributed by atoms with Gasteiger partial charge in [-0.3, -0.25) is 0 Å². The SMILES string of the molecule is CC(Nc1nccc(C(=O)O)c1N)C1CCCO1. The van der Waals surface area contributed by atoms with Crippen molar-refractivity contribution in [1.82, 2.24) is 4.98 Å². The topological polar surface area (TPSA) is 97.5 Å². The molecule has 2 atom stereocenters. The minimum Gasteiger partial charge on any atom is -0.478 e. The molecular formula is C12H17N3O3. The van der Waals surface area contributed by atoms with E-state index >= 15 is 0 Å². The number of nitrogen functional groups attached to an aromatic ring is 1. The predicted octanol–water partition coefficient (Wildman–Crippen LogP) is 1.34. The van der Waals surface area contributed by atoms with Crippen LogP contribution in [0.25, 0.3) is 0 Å². The van der Waals surface area contributed by atoms with E-state index in [-0.39, 0.29) is 23.4 Å². The van der Waals surface area contributed by atoms with Crippen LogP contribution >= 0.6 is 0 Å². The Kier molecular flexibility index (Phi) is 3.66. The van der Waals surface area contributed by atoms with E-state index in [1.807, 2.05) is 6.92 Å². The summed E-state index contributed by atoms with van der Waals surface area (Å²) in [6.45, 7) is 2.75. The van der Waals surface area contributed by atoms with E-state index in [2.05, 4.69) is 10.3 Å². The smallest absolute Gasteiger partial charge is 0.337 e. The zero-order valence-electron chi connectivity index (χ0n) is 10.2. The van der Waals surface area contributed by atoms with Gasteiger partial charge in [-0.1, -0.05) is 0 Å². The van der Waals surface area contributed by atoms with Crippen molar-refractivity contribution in [3.63, 3.8) is 0 Å². The molecule has 6 heteroatoms. The summed E-state index contributed by atoms with van der Waals surface area (Å²) in [7, 11) is 0. The number of anilines is 2. The van der Waals surface area contributed by atoms with Gasteiger partial charge >= 0.3 is 5.97 Å². The molecule has 1 aliphatic heterocycles. The maximum Gasteiger partial charge on any atom is 0.337 e. The molecule has 1 aromatic rings. The molecule has 6 nitrogen and oxygen atoms in total. The molecule has 1 saturated heterocycles. The van der Waals surface area contributed by atoms with Crippen LogP contribution in [-0.2, 0) is 4.74 Å². The zero-order valence-corrected chi connectivity index (χ0v) is 10.2. The van der Waals surface area contributed by atoms with Gasteiger partial charge in [-0.15, -0.1) is 0 Å². The first-order valence-electron chi connectivity index (χ1n) is 5.95. The molecule has 2 rings (SSSR count). The van der Waals surface area contributed by atoms with Gasteiger partial charge in [0, 0.05) is 12.8 Å². The number of nitrogens with one attached hydrogen (secondary N) is 1. The van der Waals surface area contributed by atoms with Crippen LogP contribution in [0.5, 0.6) is 0 Å². The Morgan fingerprint density at radius 1 is 1.72 bits per heavy atom. The quantitative estimate of drug-likeness (QED) is 0.747. The molecule has 0 aliphatic carbocycles. The number of nitrogens with two attached hydrogens (primary N) is 1. The van der Waals surface area contributed by atoms with Crippen LogP contribution in [0.2, 0.25) is 0 Å². The van der Waals surface area contributed by atoms with Gasteiger partial charge in [0.2, 0.25) is 0 Å². The van der Waals surface area contributed by atoms with Crippen molar-refractivity contribution in [1.29, 1.82) is 0 Å². The Hall–Kier alpha value is -1.82. The Morgan fingerprint density at radius 3 is 3.11 bits per heavy atom. The maximum absolute atomic E-state index is 11.0. The van der Waals surface area contributed by atoms with Crippen molar-refractivity contribution in [3.05, 3.63) is 17.8 Å². The van der Waals surface area contributed by atoms with E-state index in [4.69, 9.17) is 15.6 Å². The molecule has 18 heavy (non-hydrogen) atoms. The average Bonchev–Trinajstić information content (AvgIpc) is 2.85. The van der Waals surface area contributed by atoms with E-state index in [1.54, 1.807) is 0 Å². The Labute approximate surface area is 105 Å². The maximum atomic E-state index is 11.0. The minimum atomic E-state index is -1.05. The summed E-state index contributed by atoms with van der Waals surface area (Å²) >= 11 is 0. The number of carboxylic acid groups (broad SMARTS) is 1. The number of nitrogens with zero attached hydrogens (tertiary/aromatic N) is 1. The number of rotatable bonds is 4. The van der Waals surface area contributed by atoms with E-state index in [9.17, 15) is 4.79 Å². The first-order valence-corrected chi connectivity index (χ1v) is 5.95. The third kappa shape index (κ3) is 2.53. The minimum absolute atomic E-state index is 0.0475. The summed E-state index contributed by atoms with van der Waals surface area (Å²) in [5.41, 5.74) is 6.01. The molecule has 0 spiro atoms. The average molecular weight is 251 g/mol. The lowest BCUT2D eigenvalue weighted by Gasteiger charge is -2.21. The molecule has 0 aromatic carbocycles. The van der Waals surface area contributed by atoms with Crippen LogP contribution in [0.1, 0.15) is 30.1 Å². The third-order valence-electron chi connectivity index (χ3n) is 3.11. The Balaban J connectivity index is 2.13. The number of ether oxygens (including phenoxy) is 1. The predicted molar refractivity (Wildman–Crippen MR) is 67.7 cm³/mol. The number of pyridine rings is 1. The second kappa shape index (κ2) is 5.22. The second-order valence-corrected chi connectivity index (χ2v) is 4.41. The molecule has 1 aliphatic rings. The Morgan fingerprint density at radius 2 is 2.50 bits per heavy atom. The molecule has 98 valence electrons. The molecule has 1 aromatic heterocycles. The van der Waals surface area contributed by atoms with Crippen LogP contribution in [0.15, 0.2) is 12.3 Å². The van der Waals surface area contributed by atoms with Gasteiger partial charge in [-0.2, -0.15) is 0 Å². The summed E-state index contributed by atoms with van der Waals surface area (Å²) in [6, 6.07) is 1.44. The van der Waals surface area contributed by atoms with Crippen molar-refractivity contribution in [2.75, 3.05) is 17.7 Å². The fourth-order valence-electron chi connectivity index (χ4n) is 2.08. The number of aromatic nitrogens is 1. The van der Waals surface area contributed by atoms with E-state index in [0.29, 0.717) is 5.82 Å². The molecule has 2 heterocycles. The van der Waals surface area contributed by atoms with Gasteiger partial charge in [0.1, 0.15) is 5.82 Å². The van der Waals surface area contributed by atoms with E-state index < -0.39 is 5.97 Å². The molecule has 4 N–H and O–H groups in total. The third-order valence-corrected chi connectivity index (χ3v) is 3.11. The normalized spacial score (nSPS) is 20.6. The lowest BCUT2D eigenvalue weighted by atomic mass is 10.1. The van der Waals surface area contributed by atoms with E-state index in [0.717, 1.165) is 19.4 Å². The molecule has 0 bridgehead atoms. The monoisotopic (exact) mass is 251 g/mol. The number of aromatic carboxylic acids is 1. The highest BCUT2D eigenvalue weighted by Gasteiger charge is 2.23. The lowest BCUT2D eigenvalue weighted by Crippen LogP contribution is -2.31. The van der Waals surface area contributed by atoms with Crippen molar-refractivity contribution in [3.8, 4) is 0 Å². The number of hydrogen-bond acceptors (Lipinski definition) is 5. The van der Waals surface area contributed by atoms with Gasteiger partial charge in [0.15, 0.2) is 0 Å². The van der Waals surface area contributed by atoms with Gasteiger partial charge < -0.3 is 20.9 Å². The van der Waals surface area contributed by atoms with Gasteiger partial charge in [-0.05, 0) is 25.8 Å². The number of hydrogen-bond donors (Lipinski definition) is 3. The van der Waals surface area contributed by atoms with Crippen LogP contribution in [0.4, 0.5) is 11.5 Å². The molecule has 0 radical (unpaired) electrons. The van der Waals surface area contributed by atoms with Gasteiger partial charge in [-0.25, -0.2) is 9.78 Å². The molecular weight excluding hydrogens is 234 g/mol. The van der Waals surface area contributed by atoms with Crippen LogP contribution < -0.4 is 11.1 Å². The first-order chi connectivity index (χ1) is 8.59. The highest BCUT2D eigenvalue weighted by molar-refractivity contribution is 5.96. The fraction of sp³-hybridized carbons (Fsp3) is 0.500. The van der Waals surface area contributed by atoms with Crippen molar-refractivity contribution in [2.24, 2.45) is 0 Å². The fourth-order valence-corrected chi connectivity index (χ4v) is 2.08. The summed E-state index contributed by atoms with van der Waals surface area (Å²) in [5.74, 6) is -0.652. The standard InChI is InChI=1S/C12H17N3O3/c1-7(9-3-2-6-18-9)15-11-10(13)8(12(16)17)4-5-14-11/h4-5,7,9H,2-3,6,13H2,1H3,(H,14,15)(H,16,17). The second-order valence-electron chi connectivity index (χ2n) is 4.41. The number of carboxylic acids is 1. The van der Waals surface area contributed by atoms with Crippen LogP contribution in [-0.4, -0.2) is 34.8 Å². The summed E-state index contributed by atoms with van der Waals surface area (Å²) in [4.78, 5) is 15.0. The lowest BCUT2D eigenvalue weighted by molar-refractivity contribution is 0.0698. The Bertz CT molecular complexity index is 444. The van der Waals surface area contributed by atoms with Crippen molar-refractivity contribution in [2.45, 2.75) is 31.9 Å². The summed E-state index contributed by atoms with van der Waals surface area (Å²) in [5, 5.41) is 12.1. The van der Waals surface area contributed by atoms with Gasteiger partial charge in [0.05, 0.1) is 23.4 Å². The summed E-state index contributed by atoms with van der Waals surface area (Å²) in [6.07, 6.45) is 3.60. The van der Waals surface area contributed by atoms with Crippen LogP contribution in [0.3, 0.4) is 0 Å². The number of carbonyl (C=O) groups is 1. The van der Waals surface area contributed by atoms with Gasteiger partial charge in [0.25, 0.3) is 0 Å². The summed E-state index contributed by atoms with van der Waals surface area (Å²) < 4.78 is 5.56. The first kappa shape index (κ1) is 12.6. The molecule has 0 amide bonds. The zero-order chi connectivity index (χ0) is 13.1. The van der Waals surface area contributed by atoms with Crippen molar-refractivity contribution < 1.29 is 14.6 Å². The van der Waals surface area contributed by atoms with Crippen molar-refractivity contribution >= 4 is 17.5 Å². The highest BCUT2D eigenvalue weighted by atomic mass is 16.5. The highest BCUT2D eigenvalue weighted by Crippen LogP contribution is 2.23. The van der Waals surface area contributed by atoms with Crippen LogP contribution in [0, 0.1) is 0 Å². The molecule has 1 fully saturated rings. The molecule has 0 saturated carbocycles. The van der Waals surface area contributed by atoms with E-state index in [1.165, 1.54) is 12.3 Å².